The lowest BCUT2D eigenvalue weighted by Crippen LogP contribution is -2.43. The summed E-state index contributed by atoms with van der Waals surface area (Å²) < 4.78 is 26.7. The van der Waals surface area contributed by atoms with E-state index in [4.69, 9.17) is 13.8 Å². The van der Waals surface area contributed by atoms with E-state index in [9.17, 15) is 34.1 Å². The van der Waals surface area contributed by atoms with Crippen molar-refractivity contribution in [3.63, 3.8) is 0 Å². The minimum atomic E-state index is -4.76. The van der Waals surface area contributed by atoms with Crippen LogP contribution in [0.1, 0.15) is 149 Å². The molecule has 0 spiro atoms. The zero-order valence-electron chi connectivity index (χ0n) is 33.7. The third-order valence-electron chi connectivity index (χ3n) is 8.26. The topological polar surface area (TPSA) is 169 Å². The molecule has 3 atom stereocenters. The van der Waals surface area contributed by atoms with Gasteiger partial charge in [0.05, 0.1) is 13.2 Å². The van der Waals surface area contributed by atoms with Crippen LogP contribution in [-0.2, 0) is 32.7 Å². The summed E-state index contributed by atoms with van der Waals surface area (Å²) in [6.07, 6.45) is 43.7. The summed E-state index contributed by atoms with van der Waals surface area (Å²) in [5.74, 6) is -2.43. The lowest BCUT2D eigenvalue weighted by Gasteiger charge is -2.18. The summed E-state index contributed by atoms with van der Waals surface area (Å²) in [5.41, 5.74) is 0. The summed E-state index contributed by atoms with van der Waals surface area (Å²) in [7, 11) is -4.76. The van der Waals surface area contributed by atoms with Crippen molar-refractivity contribution in [1.29, 1.82) is 0 Å². The standard InChI is InChI=1S/C43H72NO10P/c1-3-5-7-9-11-13-15-16-17-18-19-20-21-22-23-24-25-27-29-31-33-35-42(47)52-36-39(45)37-53-55(50,51)54-38-40(43(48)49)44-41(46)34-32-30-28-26-14-12-10-8-6-4-2/h5,7,11,13,16-17,19-20,22-23,25,27,39-40,45H,3-4,6,8-10,12,14-15,18,21,24,26,28-38H2,1-2H3,(H,44,46)(H,48,49)(H,50,51)/b7-5-,13-11-,17-16-,20-19-,23-22-,27-25-. The first-order valence-corrected chi connectivity index (χ1v) is 22.0. The molecule has 0 aliphatic rings. The maximum absolute atomic E-state index is 12.2. The fraction of sp³-hybridized carbons (Fsp3) is 0.651. The lowest BCUT2D eigenvalue weighted by atomic mass is 10.1. The zero-order chi connectivity index (χ0) is 40.7. The van der Waals surface area contributed by atoms with Gasteiger partial charge in [0.1, 0.15) is 12.7 Å². The highest BCUT2D eigenvalue weighted by molar-refractivity contribution is 7.47. The summed E-state index contributed by atoms with van der Waals surface area (Å²) in [6.45, 7) is 2.38. The molecule has 0 bridgehead atoms. The van der Waals surface area contributed by atoms with E-state index < -0.39 is 57.6 Å². The molecule has 0 aromatic rings. The first-order chi connectivity index (χ1) is 26.6. The van der Waals surface area contributed by atoms with Crippen LogP contribution >= 0.6 is 7.82 Å². The van der Waals surface area contributed by atoms with Crippen molar-refractivity contribution < 1.29 is 47.8 Å². The van der Waals surface area contributed by atoms with E-state index in [0.29, 0.717) is 12.8 Å². The molecule has 0 aromatic carbocycles. The number of rotatable bonds is 37. The van der Waals surface area contributed by atoms with E-state index >= 15 is 0 Å². The third kappa shape index (κ3) is 37.6. The van der Waals surface area contributed by atoms with Crippen LogP contribution in [0, 0.1) is 0 Å². The predicted molar refractivity (Wildman–Crippen MR) is 221 cm³/mol. The van der Waals surface area contributed by atoms with Gasteiger partial charge in [-0.05, 0) is 64.2 Å². The molecule has 3 unspecified atom stereocenters. The second-order valence-corrected chi connectivity index (χ2v) is 14.9. The Morgan fingerprint density at radius 3 is 1.56 bits per heavy atom. The number of carbonyl (C=O) groups is 3. The molecule has 0 radical (unpaired) electrons. The van der Waals surface area contributed by atoms with Gasteiger partial charge < -0.3 is 25.2 Å². The number of aliphatic hydroxyl groups excluding tert-OH is 1. The minimum absolute atomic E-state index is 0.141. The number of phosphoric acid groups is 1. The average Bonchev–Trinajstić information content (AvgIpc) is 3.16. The summed E-state index contributed by atoms with van der Waals surface area (Å²) in [4.78, 5) is 45.7. The van der Waals surface area contributed by atoms with Crippen LogP contribution in [0.25, 0.3) is 0 Å². The Morgan fingerprint density at radius 1 is 0.600 bits per heavy atom. The van der Waals surface area contributed by atoms with Crippen molar-refractivity contribution in [2.75, 3.05) is 19.8 Å². The summed E-state index contributed by atoms with van der Waals surface area (Å²) >= 11 is 0. The number of unbranched alkanes of at least 4 members (excludes halogenated alkanes) is 11. The van der Waals surface area contributed by atoms with Crippen molar-refractivity contribution in [2.24, 2.45) is 0 Å². The van der Waals surface area contributed by atoms with Crippen LogP contribution < -0.4 is 5.32 Å². The molecular weight excluding hydrogens is 721 g/mol. The number of hydrogen-bond acceptors (Lipinski definition) is 8. The number of hydrogen-bond donors (Lipinski definition) is 4. The van der Waals surface area contributed by atoms with E-state index in [2.05, 4.69) is 92.1 Å². The molecule has 0 saturated heterocycles. The quantitative estimate of drug-likeness (QED) is 0.0206. The average molecular weight is 794 g/mol. The molecule has 0 aromatic heterocycles. The Morgan fingerprint density at radius 2 is 1.05 bits per heavy atom. The van der Waals surface area contributed by atoms with Gasteiger partial charge in [-0.2, -0.15) is 0 Å². The van der Waals surface area contributed by atoms with Gasteiger partial charge in [0.25, 0.3) is 0 Å². The van der Waals surface area contributed by atoms with Crippen molar-refractivity contribution in [3.8, 4) is 0 Å². The minimum Gasteiger partial charge on any atom is -0.480 e. The normalized spacial score (nSPS) is 14.5. The number of aliphatic hydroxyl groups is 1. The van der Waals surface area contributed by atoms with Crippen molar-refractivity contribution >= 4 is 25.7 Å². The fourth-order valence-electron chi connectivity index (χ4n) is 5.08. The van der Waals surface area contributed by atoms with Gasteiger partial charge >= 0.3 is 19.8 Å². The Hall–Kier alpha value is -3.08. The molecule has 55 heavy (non-hydrogen) atoms. The molecular formula is C43H72NO10P. The van der Waals surface area contributed by atoms with Crippen LogP contribution in [0.2, 0.25) is 0 Å². The number of allylic oxidation sites excluding steroid dienone is 12. The number of carboxylic acids is 1. The second-order valence-electron chi connectivity index (χ2n) is 13.4. The number of aliphatic carboxylic acids is 1. The van der Waals surface area contributed by atoms with Crippen LogP contribution in [0.3, 0.4) is 0 Å². The monoisotopic (exact) mass is 793 g/mol. The summed E-state index contributed by atoms with van der Waals surface area (Å²) in [5, 5.41) is 21.7. The SMILES string of the molecule is CC/C=C\C/C=C\C/C=C\C/C=C\C/C=C\C/C=C\CCCCC(=O)OCC(O)COP(=O)(O)OCC(NC(=O)CCCCCCCCCCCC)C(=O)O. The van der Waals surface area contributed by atoms with Crippen LogP contribution in [-0.4, -0.2) is 64.9 Å². The number of carboxylic acid groups (broad SMARTS) is 1. The van der Waals surface area contributed by atoms with Gasteiger partial charge in [-0.25, -0.2) is 9.36 Å². The first-order valence-electron chi connectivity index (χ1n) is 20.5. The number of esters is 1. The number of amides is 1. The Kier molecular flexibility index (Phi) is 35.7. The number of carbonyl (C=O) groups excluding carboxylic acids is 2. The Labute approximate surface area is 331 Å². The third-order valence-corrected chi connectivity index (χ3v) is 9.21. The second kappa shape index (κ2) is 37.8. The molecule has 1 amide bonds. The molecule has 11 nitrogen and oxygen atoms in total. The molecule has 0 aliphatic carbocycles. The Balaban J connectivity index is 3.99. The first kappa shape index (κ1) is 51.9. The molecule has 0 saturated carbocycles. The van der Waals surface area contributed by atoms with Crippen molar-refractivity contribution in [2.45, 2.75) is 161 Å². The molecule has 0 fully saturated rings. The maximum atomic E-state index is 12.2. The van der Waals surface area contributed by atoms with Crippen LogP contribution in [0.4, 0.5) is 0 Å². The van der Waals surface area contributed by atoms with E-state index in [0.717, 1.165) is 70.6 Å². The van der Waals surface area contributed by atoms with Crippen molar-refractivity contribution in [3.05, 3.63) is 72.9 Å². The van der Waals surface area contributed by atoms with Gasteiger partial charge in [0.2, 0.25) is 5.91 Å². The van der Waals surface area contributed by atoms with Crippen molar-refractivity contribution in [1.82, 2.24) is 5.32 Å². The summed E-state index contributed by atoms with van der Waals surface area (Å²) in [6, 6.07) is -1.55. The van der Waals surface area contributed by atoms with Gasteiger partial charge in [0, 0.05) is 12.8 Å². The largest absolute Gasteiger partial charge is 0.480 e. The van der Waals surface area contributed by atoms with Gasteiger partial charge in [0.15, 0.2) is 6.04 Å². The van der Waals surface area contributed by atoms with Crippen LogP contribution in [0.15, 0.2) is 72.9 Å². The van der Waals surface area contributed by atoms with Crippen LogP contribution in [0.5, 0.6) is 0 Å². The van der Waals surface area contributed by atoms with E-state index in [1.54, 1.807) is 0 Å². The van der Waals surface area contributed by atoms with E-state index in [1.807, 2.05) is 0 Å². The van der Waals surface area contributed by atoms with E-state index in [-0.39, 0.29) is 12.8 Å². The maximum Gasteiger partial charge on any atom is 0.472 e. The number of ether oxygens (including phenoxy) is 1. The molecule has 0 heterocycles. The zero-order valence-corrected chi connectivity index (χ0v) is 34.6. The molecule has 314 valence electrons. The molecule has 0 rings (SSSR count). The predicted octanol–water partition coefficient (Wildman–Crippen LogP) is 10.2. The van der Waals surface area contributed by atoms with Gasteiger partial charge in [-0.1, -0.05) is 145 Å². The number of nitrogens with one attached hydrogen (secondary N) is 1. The smallest absolute Gasteiger partial charge is 0.472 e. The molecule has 12 heteroatoms. The fourth-order valence-corrected chi connectivity index (χ4v) is 5.85. The highest BCUT2D eigenvalue weighted by Crippen LogP contribution is 2.43. The van der Waals surface area contributed by atoms with E-state index in [1.165, 1.54) is 38.5 Å². The highest BCUT2D eigenvalue weighted by Gasteiger charge is 2.28. The van der Waals surface area contributed by atoms with Gasteiger partial charge in [-0.15, -0.1) is 0 Å². The molecule has 0 aliphatic heterocycles. The lowest BCUT2D eigenvalue weighted by molar-refractivity contribution is -0.147. The number of phosphoric ester groups is 1. The highest BCUT2D eigenvalue weighted by atomic mass is 31.2. The van der Waals surface area contributed by atoms with Gasteiger partial charge in [-0.3, -0.25) is 18.6 Å². The molecule has 4 N–H and O–H groups in total. The Bertz CT molecular complexity index is 1210.